The summed E-state index contributed by atoms with van der Waals surface area (Å²) < 4.78 is 5.17. The lowest BCUT2D eigenvalue weighted by Gasteiger charge is -2.25. The first-order valence-electron chi connectivity index (χ1n) is 8.37. The van der Waals surface area contributed by atoms with Crippen LogP contribution in [0.25, 0.3) is 0 Å². The van der Waals surface area contributed by atoms with E-state index < -0.39 is 23.6 Å². The summed E-state index contributed by atoms with van der Waals surface area (Å²) in [6, 6.07) is 8.12. The Kier molecular flexibility index (Phi) is 8.37. The third-order valence-corrected chi connectivity index (χ3v) is 3.32. The number of ether oxygens (including phenoxy) is 1. The second-order valence-corrected chi connectivity index (χ2v) is 6.80. The molecule has 140 valence electrons. The molecule has 1 aromatic rings. The van der Waals surface area contributed by atoms with Gasteiger partial charge in [-0.1, -0.05) is 30.3 Å². The van der Waals surface area contributed by atoms with Crippen LogP contribution in [-0.4, -0.2) is 45.6 Å². The predicted octanol–water partition coefficient (Wildman–Crippen LogP) is 2.46. The molecule has 0 saturated carbocycles. The molecule has 1 rings (SSSR count). The molecule has 0 radical (unpaired) electrons. The molecule has 1 aromatic carbocycles. The minimum absolute atomic E-state index is 0.000201. The van der Waals surface area contributed by atoms with E-state index in [-0.39, 0.29) is 13.2 Å². The molecule has 0 fully saturated rings. The van der Waals surface area contributed by atoms with Crippen LogP contribution >= 0.6 is 0 Å². The first-order chi connectivity index (χ1) is 11.7. The zero-order chi connectivity index (χ0) is 18.9. The zero-order valence-corrected chi connectivity index (χ0v) is 15.1. The van der Waals surface area contributed by atoms with Gasteiger partial charge < -0.3 is 15.2 Å². The third-order valence-electron chi connectivity index (χ3n) is 3.32. The van der Waals surface area contributed by atoms with Gasteiger partial charge in [0.05, 0.1) is 6.54 Å². The summed E-state index contributed by atoms with van der Waals surface area (Å²) >= 11 is 0. The van der Waals surface area contributed by atoms with E-state index in [1.165, 1.54) is 0 Å². The van der Waals surface area contributed by atoms with Gasteiger partial charge in [-0.3, -0.25) is 10.0 Å². The molecule has 0 aromatic heterocycles. The Morgan fingerprint density at radius 3 is 2.40 bits per heavy atom. The topological polar surface area (TPSA) is 99.1 Å². The van der Waals surface area contributed by atoms with Gasteiger partial charge >= 0.3 is 6.09 Å². The van der Waals surface area contributed by atoms with Gasteiger partial charge in [0, 0.05) is 6.61 Å². The van der Waals surface area contributed by atoms with Crippen LogP contribution in [0.1, 0.15) is 45.6 Å². The van der Waals surface area contributed by atoms with E-state index in [1.54, 1.807) is 32.9 Å². The van der Waals surface area contributed by atoms with Crippen LogP contribution in [-0.2, 0) is 16.1 Å². The lowest BCUT2D eigenvalue weighted by Crippen LogP contribution is -2.48. The molecule has 7 nitrogen and oxygen atoms in total. The number of benzene rings is 1. The molecular formula is C18H28N2O5. The molecule has 0 bridgehead atoms. The average molecular weight is 352 g/mol. The predicted molar refractivity (Wildman–Crippen MR) is 92.9 cm³/mol. The maximum Gasteiger partial charge on any atom is 0.408 e. The van der Waals surface area contributed by atoms with Gasteiger partial charge in [0.1, 0.15) is 11.6 Å². The van der Waals surface area contributed by atoms with E-state index in [0.717, 1.165) is 5.56 Å². The summed E-state index contributed by atoms with van der Waals surface area (Å²) in [5.41, 5.74) is 0.0795. The van der Waals surface area contributed by atoms with Crippen LogP contribution in [0.5, 0.6) is 0 Å². The van der Waals surface area contributed by atoms with Crippen molar-refractivity contribution in [3.05, 3.63) is 35.9 Å². The van der Waals surface area contributed by atoms with E-state index in [4.69, 9.17) is 9.84 Å². The SMILES string of the molecule is CC(C)(C)OC(=O)N[C@@H](CCCCO)C(=O)N(O)Cc1ccccc1. The Hall–Kier alpha value is -2.12. The van der Waals surface area contributed by atoms with Gasteiger partial charge in [-0.2, -0.15) is 0 Å². The number of rotatable bonds is 8. The maximum atomic E-state index is 12.5. The molecule has 0 aliphatic rings. The van der Waals surface area contributed by atoms with Crippen molar-refractivity contribution in [3.63, 3.8) is 0 Å². The Morgan fingerprint density at radius 1 is 1.20 bits per heavy atom. The quantitative estimate of drug-likeness (QED) is 0.379. The lowest BCUT2D eigenvalue weighted by molar-refractivity contribution is -0.170. The summed E-state index contributed by atoms with van der Waals surface area (Å²) in [6.45, 7) is 5.20. The summed E-state index contributed by atoms with van der Waals surface area (Å²) in [5.74, 6) is -0.618. The van der Waals surface area contributed by atoms with E-state index in [2.05, 4.69) is 5.32 Å². The van der Waals surface area contributed by atoms with Crippen LogP contribution in [0.3, 0.4) is 0 Å². The average Bonchev–Trinajstić information content (AvgIpc) is 2.52. The highest BCUT2D eigenvalue weighted by Crippen LogP contribution is 2.11. The standard InChI is InChI=1S/C18H28N2O5/c1-18(2,3)25-17(23)19-15(11-7-8-12-21)16(22)20(24)13-14-9-5-4-6-10-14/h4-6,9-10,15,21,24H,7-8,11-13H2,1-3H3,(H,19,23)/t15-/m0/s1. The molecule has 0 aliphatic heterocycles. The maximum absolute atomic E-state index is 12.5. The van der Waals surface area contributed by atoms with Gasteiger partial charge in [0.2, 0.25) is 0 Å². The number of nitrogens with one attached hydrogen (secondary N) is 1. The number of alkyl carbamates (subject to hydrolysis) is 1. The molecule has 7 heteroatoms. The monoisotopic (exact) mass is 352 g/mol. The minimum atomic E-state index is -0.921. The number of aliphatic hydroxyl groups is 1. The van der Waals surface area contributed by atoms with Crippen LogP contribution in [0.15, 0.2) is 30.3 Å². The summed E-state index contributed by atoms with van der Waals surface area (Å²) in [4.78, 5) is 24.4. The van der Waals surface area contributed by atoms with E-state index in [9.17, 15) is 14.8 Å². The molecule has 0 unspecified atom stereocenters. The fourth-order valence-electron chi connectivity index (χ4n) is 2.18. The molecule has 2 amide bonds. The minimum Gasteiger partial charge on any atom is -0.444 e. The van der Waals surface area contributed by atoms with Gasteiger partial charge in [-0.15, -0.1) is 0 Å². The van der Waals surface area contributed by atoms with Gasteiger partial charge in [0.15, 0.2) is 0 Å². The van der Waals surface area contributed by atoms with Crippen molar-refractivity contribution < 1.29 is 24.6 Å². The largest absolute Gasteiger partial charge is 0.444 e. The number of carbonyl (C=O) groups is 2. The number of carbonyl (C=O) groups excluding carboxylic acids is 2. The normalized spacial score (nSPS) is 12.4. The van der Waals surface area contributed by atoms with Crippen molar-refractivity contribution in [3.8, 4) is 0 Å². The molecule has 3 N–H and O–H groups in total. The van der Waals surface area contributed by atoms with E-state index in [0.29, 0.717) is 24.3 Å². The van der Waals surface area contributed by atoms with Crippen molar-refractivity contribution >= 4 is 12.0 Å². The molecular weight excluding hydrogens is 324 g/mol. The summed E-state index contributed by atoms with van der Waals surface area (Å²) in [5, 5.41) is 22.1. The fraction of sp³-hybridized carbons (Fsp3) is 0.556. The van der Waals surface area contributed by atoms with Crippen LogP contribution in [0.4, 0.5) is 4.79 Å². The van der Waals surface area contributed by atoms with Gasteiger partial charge in [-0.05, 0) is 45.6 Å². The van der Waals surface area contributed by atoms with Crippen LogP contribution in [0.2, 0.25) is 0 Å². The van der Waals surface area contributed by atoms with Crippen molar-refractivity contribution in [2.75, 3.05) is 6.61 Å². The highest BCUT2D eigenvalue weighted by atomic mass is 16.6. The van der Waals surface area contributed by atoms with Crippen molar-refractivity contribution in [1.82, 2.24) is 10.4 Å². The molecule has 0 aliphatic carbocycles. The number of unbranched alkanes of at least 4 members (excludes halogenated alkanes) is 1. The second-order valence-electron chi connectivity index (χ2n) is 6.80. The summed E-state index contributed by atoms with van der Waals surface area (Å²) in [6.07, 6.45) is 0.610. The van der Waals surface area contributed by atoms with Crippen molar-refractivity contribution in [2.24, 2.45) is 0 Å². The van der Waals surface area contributed by atoms with Crippen LogP contribution < -0.4 is 5.32 Å². The lowest BCUT2D eigenvalue weighted by atomic mass is 10.1. The molecule has 25 heavy (non-hydrogen) atoms. The summed E-state index contributed by atoms with van der Waals surface area (Å²) in [7, 11) is 0. The Labute approximate surface area is 148 Å². The number of nitrogens with zero attached hydrogens (tertiary/aromatic N) is 1. The molecule has 0 spiro atoms. The third kappa shape index (κ3) is 8.51. The Morgan fingerprint density at radius 2 is 1.84 bits per heavy atom. The van der Waals surface area contributed by atoms with Gasteiger partial charge in [0.25, 0.3) is 5.91 Å². The number of aliphatic hydroxyl groups excluding tert-OH is 1. The molecule has 0 saturated heterocycles. The van der Waals surface area contributed by atoms with Crippen LogP contribution in [0, 0.1) is 0 Å². The Balaban J connectivity index is 2.72. The molecule has 1 atom stereocenters. The molecule has 0 heterocycles. The number of amides is 2. The van der Waals surface area contributed by atoms with E-state index in [1.807, 2.05) is 18.2 Å². The number of hydrogen-bond donors (Lipinski definition) is 3. The first kappa shape index (κ1) is 20.9. The fourth-order valence-corrected chi connectivity index (χ4v) is 2.18. The highest BCUT2D eigenvalue weighted by Gasteiger charge is 2.27. The second kappa shape index (κ2) is 10.0. The highest BCUT2D eigenvalue weighted by molar-refractivity contribution is 5.84. The van der Waals surface area contributed by atoms with Gasteiger partial charge in [-0.25, -0.2) is 9.86 Å². The van der Waals surface area contributed by atoms with Crippen molar-refractivity contribution in [2.45, 2.75) is 58.2 Å². The van der Waals surface area contributed by atoms with E-state index >= 15 is 0 Å². The smallest absolute Gasteiger partial charge is 0.408 e. The number of hydroxylamine groups is 2. The Bertz CT molecular complexity index is 542. The van der Waals surface area contributed by atoms with Crippen molar-refractivity contribution in [1.29, 1.82) is 0 Å². The zero-order valence-electron chi connectivity index (χ0n) is 15.1. The number of hydrogen-bond acceptors (Lipinski definition) is 5. The first-order valence-corrected chi connectivity index (χ1v) is 8.37.